The number of likely N-dealkylation sites (tertiary alicyclic amines) is 1. The molecule has 1 saturated carbocycles. The first-order chi connectivity index (χ1) is 8.71. The molecular formula is C14H24N2O2. The van der Waals surface area contributed by atoms with Crippen molar-refractivity contribution in [2.75, 3.05) is 19.6 Å². The summed E-state index contributed by atoms with van der Waals surface area (Å²) in [7, 11) is 0. The summed E-state index contributed by atoms with van der Waals surface area (Å²) in [5, 5.41) is 12.9. The topological polar surface area (TPSA) is 52.6 Å². The van der Waals surface area contributed by atoms with E-state index in [1.807, 2.05) is 0 Å². The smallest absolute Gasteiger partial charge is 0.229 e. The zero-order chi connectivity index (χ0) is 12.6. The summed E-state index contributed by atoms with van der Waals surface area (Å²) in [5.74, 6) is 0.408. The van der Waals surface area contributed by atoms with Crippen molar-refractivity contribution in [2.24, 2.45) is 5.41 Å². The van der Waals surface area contributed by atoms with Crippen LogP contribution in [0.4, 0.5) is 0 Å². The molecule has 2 heterocycles. The second-order valence-corrected chi connectivity index (χ2v) is 6.24. The van der Waals surface area contributed by atoms with E-state index >= 15 is 0 Å². The van der Waals surface area contributed by atoms with Gasteiger partial charge in [-0.15, -0.1) is 0 Å². The van der Waals surface area contributed by atoms with Crippen LogP contribution in [-0.4, -0.2) is 47.7 Å². The normalized spacial score (nSPS) is 36.3. The molecule has 18 heavy (non-hydrogen) atoms. The van der Waals surface area contributed by atoms with Crippen LogP contribution in [0.15, 0.2) is 0 Å². The van der Waals surface area contributed by atoms with Crippen LogP contribution in [0.3, 0.4) is 0 Å². The van der Waals surface area contributed by atoms with Crippen LogP contribution in [0.1, 0.15) is 44.9 Å². The number of hydrogen-bond acceptors (Lipinski definition) is 3. The van der Waals surface area contributed by atoms with Crippen LogP contribution >= 0.6 is 0 Å². The molecule has 1 aliphatic carbocycles. The molecule has 0 atom stereocenters. The Morgan fingerprint density at radius 3 is 2.44 bits per heavy atom. The van der Waals surface area contributed by atoms with Gasteiger partial charge < -0.3 is 15.3 Å². The minimum Gasteiger partial charge on any atom is -0.393 e. The van der Waals surface area contributed by atoms with E-state index in [0.717, 1.165) is 64.6 Å². The summed E-state index contributed by atoms with van der Waals surface area (Å²) >= 11 is 0. The summed E-state index contributed by atoms with van der Waals surface area (Å²) in [6.45, 7) is 2.92. The van der Waals surface area contributed by atoms with Gasteiger partial charge in [0.2, 0.25) is 5.91 Å². The van der Waals surface area contributed by atoms with Gasteiger partial charge in [-0.1, -0.05) is 0 Å². The number of aliphatic hydroxyl groups is 1. The van der Waals surface area contributed by atoms with E-state index in [4.69, 9.17) is 0 Å². The predicted octanol–water partition coefficient (Wildman–Crippen LogP) is 0.892. The van der Waals surface area contributed by atoms with Gasteiger partial charge in [0, 0.05) is 12.6 Å². The standard InChI is InChI=1S/C14H24N2O2/c17-12-3-1-11(2-4-12)16-10-7-14(13(16)18)5-8-15-9-6-14/h11-12,15,17H,1-10H2/t11-,12-. The van der Waals surface area contributed by atoms with Gasteiger partial charge in [0.25, 0.3) is 0 Å². The van der Waals surface area contributed by atoms with Gasteiger partial charge in [-0.3, -0.25) is 4.79 Å². The average Bonchev–Trinajstić information content (AvgIpc) is 2.70. The molecule has 3 aliphatic rings. The molecule has 2 aliphatic heterocycles. The van der Waals surface area contributed by atoms with E-state index in [-0.39, 0.29) is 11.5 Å². The molecule has 4 nitrogen and oxygen atoms in total. The molecule has 2 N–H and O–H groups in total. The highest BCUT2D eigenvalue weighted by Gasteiger charge is 2.48. The highest BCUT2D eigenvalue weighted by molar-refractivity contribution is 5.85. The number of carbonyl (C=O) groups excluding carboxylic acids is 1. The first-order valence-electron chi connectivity index (χ1n) is 7.41. The maximum absolute atomic E-state index is 12.7. The summed E-state index contributed by atoms with van der Waals surface area (Å²) < 4.78 is 0. The molecule has 3 fully saturated rings. The molecule has 0 radical (unpaired) electrons. The van der Waals surface area contributed by atoms with Gasteiger partial charge in [0.1, 0.15) is 0 Å². The SMILES string of the molecule is O=C1N([C@H]2CC[C@H](O)CC2)CCC12CCNCC2. The van der Waals surface area contributed by atoms with Gasteiger partial charge >= 0.3 is 0 Å². The van der Waals surface area contributed by atoms with Crippen molar-refractivity contribution in [3.8, 4) is 0 Å². The van der Waals surface area contributed by atoms with Crippen molar-refractivity contribution in [1.29, 1.82) is 0 Å². The number of amides is 1. The minimum atomic E-state index is -0.133. The van der Waals surface area contributed by atoms with Gasteiger partial charge in [0.05, 0.1) is 11.5 Å². The maximum atomic E-state index is 12.7. The van der Waals surface area contributed by atoms with Gasteiger partial charge in [-0.05, 0) is 58.0 Å². The quantitative estimate of drug-likeness (QED) is 0.729. The van der Waals surface area contributed by atoms with Gasteiger partial charge in [-0.25, -0.2) is 0 Å². The molecule has 102 valence electrons. The molecule has 2 saturated heterocycles. The highest BCUT2D eigenvalue weighted by atomic mass is 16.3. The Bertz CT molecular complexity index is 318. The van der Waals surface area contributed by atoms with E-state index in [9.17, 15) is 9.90 Å². The van der Waals surface area contributed by atoms with E-state index in [0.29, 0.717) is 11.9 Å². The maximum Gasteiger partial charge on any atom is 0.229 e. The minimum absolute atomic E-state index is 0.0404. The van der Waals surface area contributed by atoms with Crippen LogP contribution < -0.4 is 5.32 Å². The van der Waals surface area contributed by atoms with E-state index < -0.39 is 0 Å². The van der Waals surface area contributed by atoms with Crippen molar-refractivity contribution < 1.29 is 9.90 Å². The van der Waals surface area contributed by atoms with Crippen LogP contribution in [0.25, 0.3) is 0 Å². The fourth-order valence-corrected chi connectivity index (χ4v) is 3.94. The lowest BCUT2D eigenvalue weighted by atomic mass is 9.77. The summed E-state index contributed by atoms with van der Waals surface area (Å²) in [6, 6.07) is 0.398. The second kappa shape index (κ2) is 4.82. The molecule has 4 heteroatoms. The monoisotopic (exact) mass is 252 g/mol. The fourth-order valence-electron chi connectivity index (χ4n) is 3.94. The van der Waals surface area contributed by atoms with Crippen LogP contribution in [0.5, 0.6) is 0 Å². The molecule has 1 spiro atoms. The molecule has 0 aromatic heterocycles. The zero-order valence-corrected chi connectivity index (χ0v) is 11.0. The summed E-state index contributed by atoms with van der Waals surface area (Å²) in [4.78, 5) is 14.8. The Kier molecular flexibility index (Phi) is 3.32. The molecule has 0 unspecified atom stereocenters. The Labute approximate surface area is 109 Å². The first kappa shape index (κ1) is 12.4. The van der Waals surface area contributed by atoms with Crippen molar-refractivity contribution in [2.45, 2.75) is 57.1 Å². The third-order valence-electron chi connectivity index (χ3n) is 5.21. The number of piperidine rings is 1. The van der Waals surface area contributed by atoms with E-state index in [1.54, 1.807) is 0 Å². The van der Waals surface area contributed by atoms with Crippen molar-refractivity contribution in [1.82, 2.24) is 10.2 Å². The van der Waals surface area contributed by atoms with Crippen LogP contribution in [-0.2, 0) is 4.79 Å². The molecule has 0 aromatic rings. The number of nitrogens with zero attached hydrogens (tertiary/aromatic N) is 1. The lowest BCUT2D eigenvalue weighted by Crippen LogP contribution is -2.46. The van der Waals surface area contributed by atoms with Crippen molar-refractivity contribution >= 4 is 5.91 Å². The second-order valence-electron chi connectivity index (χ2n) is 6.24. The largest absolute Gasteiger partial charge is 0.393 e. The number of hydrogen-bond donors (Lipinski definition) is 2. The summed E-state index contributed by atoms with van der Waals surface area (Å²) in [5.41, 5.74) is -0.0404. The third-order valence-corrected chi connectivity index (χ3v) is 5.21. The average molecular weight is 252 g/mol. The molecule has 1 amide bonds. The Balaban J connectivity index is 1.66. The first-order valence-corrected chi connectivity index (χ1v) is 7.41. The van der Waals surface area contributed by atoms with Crippen molar-refractivity contribution in [3.63, 3.8) is 0 Å². The van der Waals surface area contributed by atoms with Gasteiger partial charge in [-0.2, -0.15) is 0 Å². The number of aliphatic hydroxyl groups excluding tert-OH is 1. The third kappa shape index (κ3) is 2.05. The van der Waals surface area contributed by atoms with Crippen LogP contribution in [0, 0.1) is 5.41 Å². The molecule has 3 rings (SSSR count). The highest BCUT2D eigenvalue weighted by Crippen LogP contribution is 2.42. The number of carbonyl (C=O) groups is 1. The zero-order valence-electron chi connectivity index (χ0n) is 11.0. The number of nitrogens with one attached hydrogen (secondary N) is 1. The summed E-state index contributed by atoms with van der Waals surface area (Å²) in [6.07, 6.45) is 6.64. The number of rotatable bonds is 1. The van der Waals surface area contributed by atoms with Crippen LogP contribution in [0.2, 0.25) is 0 Å². The Hall–Kier alpha value is -0.610. The molecule has 0 aromatic carbocycles. The van der Waals surface area contributed by atoms with E-state index in [1.165, 1.54) is 0 Å². The van der Waals surface area contributed by atoms with E-state index in [2.05, 4.69) is 10.2 Å². The fraction of sp³-hybridized carbons (Fsp3) is 0.929. The lowest BCUT2D eigenvalue weighted by Gasteiger charge is -2.36. The molecular weight excluding hydrogens is 228 g/mol. The Morgan fingerprint density at radius 1 is 1.11 bits per heavy atom. The molecule has 0 bridgehead atoms. The Morgan fingerprint density at radius 2 is 1.78 bits per heavy atom. The predicted molar refractivity (Wildman–Crippen MR) is 69.1 cm³/mol. The van der Waals surface area contributed by atoms with Gasteiger partial charge in [0.15, 0.2) is 0 Å². The lowest BCUT2D eigenvalue weighted by molar-refractivity contribution is -0.140. The van der Waals surface area contributed by atoms with Crippen molar-refractivity contribution in [3.05, 3.63) is 0 Å².